The molecule has 18 heavy (non-hydrogen) atoms. The molecule has 0 spiro atoms. The van der Waals surface area contributed by atoms with Crippen LogP contribution in [0.5, 0.6) is 5.75 Å². The van der Waals surface area contributed by atoms with Crippen LogP contribution in [-0.2, 0) is 9.59 Å². The smallest absolute Gasteiger partial charge is 0.329 e. The van der Waals surface area contributed by atoms with Gasteiger partial charge in [0.2, 0.25) is 5.91 Å². The maximum atomic E-state index is 12.8. The second-order valence-corrected chi connectivity index (χ2v) is 3.88. The van der Waals surface area contributed by atoms with Gasteiger partial charge in [-0.3, -0.25) is 4.79 Å². The summed E-state index contributed by atoms with van der Waals surface area (Å²) in [5.74, 6) is -2.10. The quantitative estimate of drug-likeness (QED) is 0.853. The van der Waals surface area contributed by atoms with Crippen LogP contribution in [-0.4, -0.2) is 29.6 Å². The van der Waals surface area contributed by atoms with Crippen LogP contribution < -0.4 is 10.1 Å². The van der Waals surface area contributed by atoms with Gasteiger partial charge in [0, 0.05) is 6.92 Å². The molecule has 0 aromatic heterocycles. The Balaban J connectivity index is 2.66. The van der Waals surface area contributed by atoms with Crippen molar-refractivity contribution < 1.29 is 23.8 Å². The van der Waals surface area contributed by atoms with Crippen LogP contribution in [0.3, 0.4) is 0 Å². The number of aliphatic carboxylic acids is 1. The fourth-order valence-electron chi connectivity index (χ4n) is 1.19. The van der Waals surface area contributed by atoms with E-state index in [1.54, 1.807) is 0 Å². The van der Waals surface area contributed by atoms with E-state index in [4.69, 9.17) is 21.4 Å². The largest absolute Gasteiger partial charge is 0.489 e. The molecule has 1 unspecified atom stereocenters. The minimum atomic E-state index is -1.23. The molecule has 7 heteroatoms. The third-order valence-corrected chi connectivity index (χ3v) is 2.27. The molecule has 1 aromatic carbocycles. The fraction of sp³-hybridized carbons (Fsp3) is 0.273. The van der Waals surface area contributed by atoms with Crippen LogP contribution in [0, 0.1) is 5.82 Å². The lowest BCUT2D eigenvalue weighted by atomic mass is 10.3. The minimum absolute atomic E-state index is 0.0296. The fourth-order valence-corrected chi connectivity index (χ4v) is 1.41. The summed E-state index contributed by atoms with van der Waals surface area (Å²) in [4.78, 5) is 21.6. The molecule has 0 saturated heterocycles. The summed E-state index contributed by atoms with van der Waals surface area (Å²) in [6.45, 7) is 0.890. The van der Waals surface area contributed by atoms with Gasteiger partial charge in [-0.15, -0.1) is 0 Å². The van der Waals surface area contributed by atoms with Gasteiger partial charge in [-0.1, -0.05) is 11.6 Å². The number of carboxylic acids is 1. The number of carbonyl (C=O) groups is 2. The number of halogens is 2. The molecule has 0 radical (unpaired) electrons. The maximum absolute atomic E-state index is 12.8. The normalized spacial score (nSPS) is 11.7. The van der Waals surface area contributed by atoms with E-state index in [1.165, 1.54) is 13.0 Å². The lowest BCUT2D eigenvalue weighted by Crippen LogP contribution is -2.43. The first-order valence-electron chi connectivity index (χ1n) is 4.98. The van der Waals surface area contributed by atoms with Gasteiger partial charge >= 0.3 is 5.97 Å². The van der Waals surface area contributed by atoms with Crippen LogP contribution in [0.1, 0.15) is 6.92 Å². The van der Waals surface area contributed by atoms with Gasteiger partial charge in [0.1, 0.15) is 18.2 Å². The van der Waals surface area contributed by atoms with Crippen molar-refractivity contribution in [3.63, 3.8) is 0 Å². The number of carbonyl (C=O) groups excluding carboxylic acids is 1. The van der Waals surface area contributed by atoms with Crippen LogP contribution in [0.15, 0.2) is 18.2 Å². The van der Waals surface area contributed by atoms with Crippen molar-refractivity contribution in [2.24, 2.45) is 0 Å². The third-order valence-electron chi connectivity index (χ3n) is 1.98. The zero-order chi connectivity index (χ0) is 13.7. The molecule has 1 atom stereocenters. The van der Waals surface area contributed by atoms with E-state index in [-0.39, 0.29) is 17.4 Å². The molecule has 0 aliphatic carbocycles. The highest BCUT2D eigenvalue weighted by Crippen LogP contribution is 2.24. The van der Waals surface area contributed by atoms with Gasteiger partial charge < -0.3 is 15.2 Å². The molecule has 2 N–H and O–H groups in total. The highest BCUT2D eigenvalue weighted by molar-refractivity contribution is 6.32. The Labute approximate surface area is 108 Å². The van der Waals surface area contributed by atoms with E-state index in [1.807, 2.05) is 0 Å². The summed E-state index contributed by atoms with van der Waals surface area (Å²) in [6, 6.07) is 2.27. The molecular formula is C11H11ClFNO4. The van der Waals surface area contributed by atoms with E-state index in [0.717, 1.165) is 12.1 Å². The van der Waals surface area contributed by atoms with Crippen molar-refractivity contribution in [1.82, 2.24) is 5.32 Å². The van der Waals surface area contributed by atoms with Crippen molar-refractivity contribution >= 4 is 23.5 Å². The number of nitrogens with one attached hydrogen (secondary N) is 1. The van der Waals surface area contributed by atoms with Crippen molar-refractivity contribution in [1.29, 1.82) is 0 Å². The van der Waals surface area contributed by atoms with Gasteiger partial charge in [0.05, 0.1) is 5.02 Å². The average Bonchev–Trinajstić information content (AvgIpc) is 2.25. The molecule has 0 aliphatic rings. The maximum Gasteiger partial charge on any atom is 0.329 e. The number of benzene rings is 1. The van der Waals surface area contributed by atoms with Gasteiger partial charge in [-0.05, 0) is 18.2 Å². The van der Waals surface area contributed by atoms with E-state index in [0.29, 0.717) is 0 Å². The topological polar surface area (TPSA) is 75.6 Å². The predicted molar refractivity (Wildman–Crippen MR) is 62.1 cm³/mol. The van der Waals surface area contributed by atoms with Crippen LogP contribution in [0.4, 0.5) is 4.39 Å². The molecule has 0 aliphatic heterocycles. The van der Waals surface area contributed by atoms with Crippen molar-refractivity contribution in [2.45, 2.75) is 13.0 Å². The monoisotopic (exact) mass is 275 g/mol. The summed E-state index contributed by atoms with van der Waals surface area (Å²) in [6.07, 6.45) is 0. The minimum Gasteiger partial charge on any atom is -0.489 e. The first kappa shape index (κ1) is 14.2. The number of ether oxygens (including phenoxy) is 1. The second kappa shape index (κ2) is 6.20. The van der Waals surface area contributed by atoms with Crippen molar-refractivity contribution in [3.05, 3.63) is 29.0 Å². The highest BCUT2D eigenvalue weighted by atomic mass is 35.5. The number of carboxylic acid groups (broad SMARTS) is 1. The standard InChI is InChI=1S/C11H11ClFNO4/c1-6(15)14-9(11(16)17)5-18-10-3-2-7(13)4-8(10)12/h2-4,9H,5H2,1H3,(H,14,15)(H,16,17). The lowest BCUT2D eigenvalue weighted by Gasteiger charge is -2.15. The highest BCUT2D eigenvalue weighted by Gasteiger charge is 2.19. The van der Waals surface area contributed by atoms with Gasteiger partial charge in [-0.2, -0.15) is 0 Å². The van der Waals surface area contributed by atoms with Crippen LogP contribution in [0.2, 0.25) is 5.02 Å². The summed E-state index contributed by atoms with van der Waals surface area (Å²) in [5, 5.41) is 11.1. The van der Waals surface area contributed by atoms with Crippen LogP contribution >= 0.6 is 11.6 Å². The zero-order valence-corrected chi connectivity index (χ0v) is 10.2. The number of hydrogen-bond donors (Lipinski definition) is 2. The van der Waals surface area contributed by atoms with Gasteiger partial charge in [0.15, 0.2) is 6.04 Å². The average molecular weight is 276 g/mol. The molecule has 5 nitrogen and oxygen atoms in total. The summed E-state index contributed by atoms with van der Waals surface area (Å²) in [7, 11) is 0. The molecule has 1 amide bonds. The third kappa shape index (κ3) is 4.21. The molecule has 98 valence electrons. The van der Waals surface area contributed by atoms with E-state index < -0.39 is 23.7 Å². The Morgan fingerprint density at radius 1 is 1.56 bits per heavy atom. The molecular weight excluding hydrogens is 265 g/mol. The summed E-state index contributed by atoms with van der Waals surface area (Å²) < 4.78 is 17.9. The van der Waals surface area contributed by atoms with E-state index in [2.05, 4.69) is 5.32 Å². The zero-order valence-electron chi connectivity index (χ0n) is 9.44. The molecule has 0 fully saturated rings. The molecule has 0 bridgehead atoms. The number of rotatable bonds is 5. The Kier molecular flexibility index (Phi) is 4.91. The Hall–Kier alpha value is -1.82. The second-order valence-electron chi connectivity index (χ2n) is 3.48. The molecule has 1 rings (SSSR count). The Morgan fingerprint density at radius 3 is 2.72 bits per heavy atom. The molecule has 1 aromatic rings. The van der Waals surface area contributed by atoms with Gasteiger partial charge in [0.25, 0.3) is 0 Å². The molecule has 0 saturated carbocycles. The number of hydrogen-bond acceptors (Lipinski definition) is 3. The Morgan fingerprint density at radius 2 is 2.22 bits per heavy atom. The Bertz CT molecular complexity index is 466. The van der Waals surface area contributed by atoms with E-state index >= 15 is 0 Å². The number of amides is 1. The first-order chi connectivity index (χ1) is 8.40. The molecule has 0 heterocycles. The van der Waals surface area contributed by atoms with Crippen molar-refractivity contribution in [3.8, 4) is 5.75 Å². The van der Waals surface area contributed by atoms with Gasteiger partial charge in [-0.25, -0.2) is 9.18 Å². The lowest BCUT2D eigenvalue weighted by molar-refractivity contribution is -0.142. The van der Waals surface area contributed by atoms with E-state index in [9.17, 15) is 14.0 Å². The van der Waals surface area contributed by atoms with Crippen LogP contribution in [0.25, 0.3) is 0 Å². The summed E-state index contributed by atoms with van der Waals surface area (Å²) in [5.41, 5.74) is 0. The predicted octanol–water partition coefficient (Wildman–Crippen LogP) is 1.45. The first-order valence-corrected chi connectivity index (χ1v) is 5.35. The van der Waals surface area contributed by atoms with Crippen molar-refractivity contribution in [2.75, 3.05) is 6.61 Å². The summed E-state index contributed by atoms with van der Waals surface area (Å²) >= 11 is 5.70. The SMILES string of the molecule is CC(=O)NC(COc1ccc(F)cc1Cl)C(=O)O.